The SMILES string of the molecule is Cc1ccc(S(C)(=O)=O)cc1S(=O)(=O)NCCN.Cl. The number of halogens is 1. The predicted molar refractivity (Wildman–Crippen MR) is 75.8 cm³/mol. The molecular formula is C10H17ClN2O4S2. The Labute approximate surface area is 119 Å². The van der Waals surface area contributed by atoms with Crippen molar-refractivity contribution in [3.05, 3.63) is 23.8 Å². The maximum Gasteiger partial charge on any atom is 0.240 e. The molecule has 0 bridgehead atoms. The molecule has 0 aliphatic rings. The highest BCUT2D eigenvalue weighted by Crippen LogP contribution is 2.19. The van der Waals surface area contributed by atoms with Gasteiger partial charge in [-0.1, -0.05) is 6.07 Å². The maximum absolute atomic E-state index is 11.9. The number of sulfonamides is 1. The minimum Gasteiger partial charge on any atom is -0.329 e. The van der Waals surface area contributed by atoms with Gasteiger partial charge in [-0.05, 0) is 24.6 Å². The minimum absolute atomic E-state index is 0. The average molecular weight is 329 g/mol. The first-order chi connectivity index (χ1) is 8.18. The van der Waals surface area contributed by atoms with Gasteiger partial charge in [0.2, 0.25) is 10.0 Å². The lowest BCUT2D eigenvalue weighted by Crippen LogP contribution is -2.29. The smallest absolute Gasteiger partial charge is 0.240 e. The predicted octanol–water partition coefficient (Wildman–Crippen LogP) is 0.0573. The first kappa shape index (κ1) is 18.3. The molecule has 0 amide bonds. The third-order valence-corrected chi connectivity index (χ3v) is 5.03. The zero-order valence-corrected chi connectivity index (χ0v) is 13.0. The summed E-state index contributed by atoms with van der Waals surface area (Å²) in [5, 5.41) is 0. The summed E-state index contributed by atoms with van der Waals surface area (Å²) in [6, 6.07) is 4.00. The molecule has 9 heteroatoms. The largest absolute Gasteiger partial charge is 0.329 e. The van der Waals surface area contributed by atoms with Crippen molar-refractivity contribution < 1.29 is 16.8 Å². The van der Waals surface area contributed by atoms with Crippen LogP contribution in [0.5, 0.6) is 0 Å². The normalized spacial score (nSPS) is 11.9. The van der Waals surface area contributed by atoms with Crippen LogP contribution in [0.1, 0.15) is 5.56 Å². The van der Waals surface area contributed by atoms with Gasteiger partial charge in [-0.25, -0.2) is 21.6 Å². The monoisotopic (exact) mass is 328 g/mol. The van der Waals surface area contributed by atoms with Gasteiger partial charge in [0.25, 0.3) is 0 Å². The molecule has 19 heavy (non-hydrogen) atoms. The van der Waals surface area contributed by atoms with Crippen LogP contribution in [0.25, 0.3) is 0 Å². The third kappa shape index (κ3) is 4.73. The van der Waals surface area contributed by atoms with Gasteiger partial charge in [0.15, 0.2) is 9.84 Å². The summed E-state index contributed by atoms with van der Waals surface area (Å²) < 4.78 is 49.0. The van der Waals surface area contributed by atoms with Crippen LogP contribution in [0.2, 0.25) is 0 Å². The quantitative estimate of drug-likeness (QED) is 0.794. The molecule has 0 aliphatic carbocycles. The number of rotatable bonds is 5. The highest BCUT2D eigenvalue weighted by molar-refractivity contribution is 7.91. The van der Waals surface area contributed by atoms with Crippen LogP contribution in [0.4, 0.5) is 0 Å². The van der Waals surface area contributed by atoms with Crippen LogP contribution < -0.4 is 10.5 Å². The first-order valence-corrected chi connectivity index (χ1v) is 8.56. The molecule has 0 aromatic heterocycles. The molecule has 0 atom stereocenters. The van der Waals surface area contributed by atoms with E-state index in [9.17, 15) is 16.8 Å². The van der Waals surface area contributed by atoms with Crippen molar-refractivity contribution >= 4 is 32.3 Å². The van der Waals surface area contributed by atoms with Gasteiger partial charge < -0.3 is 5.73 Å². The number of aryl methyl sites for hydroxylation is 1. The van der Waals surface area contributed by atoms with Crippen LogP contribution in [0.15, 0.2) is 28.0 Å². The van der Waals surface area contributed by atoms with Crippen molar-refractivity contribution in [3.63, 3.8) is 0 Å². The molecule has 3 N–H and O–H groups in total. The highest BCUT2D eigenvalue weighted by atomic mass is 35.5. The van der Waals surface area contributed by atoms with Gasteiger partial charge in [0.05, 0.1) is 9.79 Å². The van der Waals surface area contributed by atoms with Crippen molar-refractivity contribution in [3.8, 4) is 0 Å². The molecule has 1 aromatic carbocycles. The molecule has 6 nitrogen and oxygen atoms in total. The van der Waals surface area contributed by atoms with E-state index < -0.39 is 19.9 Å². The van der Waals surface area contributed by atoms with Crippen LogP contribution in [0.3, 0.4) is 0 Å². The van der Waals surface area contributed by atoms with E-state index in [0.29, 0.717) is 5.56 Å². The molecule has 0 saturated carbocycles. The second-order valence-electron chi connectivity index (χ2n) is 3.89. The van der Waals surface area contributed by atoms with E-state index in [1.165, 1.54) is 12.1 Å². The van der Waals surface area contributed by atoms with E-state index >= 15 is 0 Å². The standard InChI is InChI=1S/C10H16N2O4S2.ClH/c1-8-3-4-9(17(2,13)14)7-10(8)18(15,16)12-6-5-11;/h3-4,7,12H,5-6,11H2,1-2H3;1H. The molecule has 0 unspecified atom stereocenters. The van der Waals surface area contributed by atoms with Crippen LogP contribution >= 0.6 is 12.4 Å². The third-order valence-electron chi connectivity index (χ3n) is 2.31. The number of hydrogen-bond donors (Lipinski definition) is 2. The van der Waals surface area contributed by atoms with Crippen LogP contribution in [-0.2, 0) is 19.9 Å². The lowest BCUT2D eigenvalue weighted by Gasteiger charge is -2.10. The van der Waals surface area contributed by atoms with Gasteiger partial charge >= 0.3 is 0 Å². The van der Waals surface area contributed by atoms with E-state index in [1.54, 1.807) is 6.92 Å². The Hall–Kier alpha value is -0.670. The molecule has 0 radical (unpaired) electrons. The molecule has 0 spiro atoms. The first-order valence-electron chi connectivity index (χ1n) is 5.19. The number of nitrogens with one attached hydrogen (secondary N) is 1. The fourth-order valence-corrected chi connectivity index (χ4v) is 3.41. The summed E-state index contributed by atoms with van der Waals surface area (Å²) in [5.74, 6) is 0. The van der Waals surface area contributed by atoms with E-state index in [0.717, 1.165) is 12.3 Å². The molecule has 1 rings (SSSR count). The molecule has 1 aromatic rings. The topological polar surface area (TPSA) is 106 Å². The lowest BCUT2D eigenvalue weighted by atomic mass is 10.2. The lowest BCUT2D eigenvalue weighted by molar-refractivity contribution is 0.581. The number of nitrogens with two attached hydrogens (primary N) is 1. The van der Waals surface area contributed by atoms with Crippen molar-refractivity contribution in [2.45, 2.75) is 16.7 Å². The Balaban J connectivity index is 0.00000324. The number of sulfone groups is 1. The molecule has 0 fully saturated rings. The summed E-state index contributed by atoms with van der Waals surface area (Å²) in [5.41, 5.74) is 5.71. The molecule has 0 saturated heterocycles. The van der Waals surface area contributed by atoms with Gasteiger partial charge in [-0.2, -0.15) is 0 Å². The number of hydrogen-bond acceptors (Lipinski definition) is 5. The molecule has 0 heterocycles. The Bertz CT molecular complexity index is 641. The fourth-order valence-electron chi connectivity index (χ4n) is 1.37. The van der Waals surface area contributed by atoms with Crippen molar-refractivity contribution in [2.24, 2.45) is 5.73 Å². The average Bonchev–Trinajstić information content (AvgIpc) is 2.25. The summed E-state index contributed by atoms with van der Waals surface area (Å²) in [7, 11) is -7.17. The molecule has 110 valence electrons. The summed E-state index contributed by atoms with van der Waals surface area (Å²) in [6.45, 7) is 1.87. The van der Waals surface area contributed by atoms with Crippen molar-refractivity contribution in [2.75, 3.05) is 19.3 Å². The van der Waals surface area contributed by atoms with E-state index in [1.807, 2.05) is 0 Å². The Morgan fingerprint density at radius 1 is 1.21 bits per heavy atom. The second-order valence-corrected chi connectivity index (χ2v) is 7.64. The van der Waals surface area contributed by atoms with Crippen LogP contribution in [-0.4, -0.2) is 36.2 Å². The van der Waals surface area contributed by atoms with E-state index in [2.05, 4.69) is 4.72 Å². The Kier molecular flexibility index (Phi) is 6.43. The Morgan fingerprint density at radius 3 is 2.26 bits per heavy atom. The Morgan fingerprint density at radius 2 is 1.79 bits per heavy atom. The summed E-state index contributed by atoms with van der Waals surface area (Å²) >= 11 is 0. The van der Waals surface area contributed by atoms with Gasteiger partial charge in [0.1, 0.15) is 0 Å². The fraction of sp³-hybridized carbons (Fsp3) is 0.400. The minimum atomic E-state index is -3.73. The zero-order chi connectivity index (χ0) is 14.0. The maximum atomic E-state index is 11.9. The molecular weight excluding hydrogens is 312 g/mol. The van der Waals surface area contributed by atoms with Crippen molar-refractivity contribution in [1.29, 1.82) is 0 Å². The zero-order valence-electron chi connectivity index (χ0n) is 10.6. The summed E-state index contributed by atoms with van der Waals surface area (Å²) in [6.07, 6.45) is 1.03. The number of benzene rings is 1. The van der Waals surface area contributed by atoms with Gasteiger partial charge in [-0.3, -0.25) is 0 Å². The molecule has 0 aliphatic heterocycles. The summed E-state index contributed by atoms with van der Waals surface area (Å²) in [4.78, 5) is -0.0694. The van der Waals surface area contributed by atoms with Gasteiger partial charge in [0, 0.05) is 19.3 Å². The van der Waals surface area contributed by atoms with Crippen molar-refractivity contribution in [1.82, 2.24) is 4.72 Å². The van der Waals surface area contributed by atoms with E-state index in [-0.39, 0.29) is 35.3 Å². The second kappa shape index (κ2) is 6.67. The highest BCUT2D eigenvalue weighted by Gasteiger charge is 2.19. The van der Waals surface area contributed by atoms with Crippen LogP contribution in [0, 0.1) is 6.92 Å². The van der Waals surface area contributed by atoms with E-state index in [4.69, 9.17) is 5.73 Å². The van der Waals surface area contributed by atoms with Gasteiger partial charge in [-0.15, -0.1) is 12.4 Å².